The van der Waals surface area contributed by atoms with Gasteiger partial charge in [0.15, 0.2) is 0 Å². The van der Waals surface area contributed by atoms with E-state index in [2.05, 4.69) is 10.1 Å². The minimum atomic E-state index is -0.493. The van der Waals surface area contributed by atoms with Crippen LogP contribution < -0.4 is 10.1 Å². The van der Waals surface area contributed by atoms with Crippen molar-refractivity contribution >= 4 is 5.97 Å². The largest absolute Gasteiger partial charge is 0.486 e. The van der Waals surface area contributed by atoms with Gasteiger partial charge in [0.2, 0.25) is 5.76 Å². The van der Waals surface area contributed by atoms with Crippen LogP contribution in [-0.4, -0.2) is 20.1 Å². The molecular formula is C15H17NO4. The van der Waals surface area contributed by atoms with Gasteiger partial charge in [0.25, 0.3) is 0 Å². The van der Waals surface area contributed by atoms with Crippen LogP contribution in [-0.2, 0) is 17.9 Å². The Balaban J connectivity index is 1.91. The van der Waals surface area contributed by atoms with Crippen molar-refractivity contribution in [2.45, 2.75) is 13.2 Å². The summed E-state index contributed by atoms with van der Waals surface area (Å²) in [6.45, 7) is 1.09. The van der Waals surface area contributed by atoms with Crippen LogP contribution in [0.5, 0.6) is 5.75 Å². The first-order valence-electron chi connectivity index (χ1n) is 6.26. The quantitative estimate of drug-likeness (QED) is 0.820. The second kappa shape index (κ2) is 6.77. The predicted molar refractivity (Wildman–Crippen MR) is 73.6 cm³/mol. The molecular weight excluding hydrogens is 258 g/mol. The Hall–Kier alpha value is -2.27. The van der Waals surface area contributed by atoms with Gasteiger partial charge in [-0.15, -0.1) is 0 Å². The Morgan fingerprint density at radius 3 is 2.60 bits per heavy atom. The second-order valence-electron chi connectivity index (χ2n) is 4.22. The van der Waals surface area contributed by atoms with Crippen molar-refractivity contribution in [3.8, 4) is 5.75 Å². The molecule has 2 rings (SSSR count). The summed E-state index contributed by atoms with van der Waals surface area (Å²) in [7, 11) is 3.22. The summed E-state index contributed by atoms with van der Waals surface area (Å²) in [6, 6.07) is 11.1. The van der Waals surface area contributed by atoms with Crippen molar-refractivity contribution in [3.63, 3.8) is 0 Å². The molecule has 0 aliphatic rings. The predicted octanol–water partition coefficient (Wildman–Crippen LogP) is 2.36. The number of nitrogens with one attached hydrogen (secondary N) is 1. The van der Waals surface area contributed by atoms with Crippen molar-refractivity contribution < 1.29 is 18.7 Å². The molecule has 1 aromatic heterocycles. The summed E-state index contributed by atoms with van der Waals surface area (Å²) in [4.78, 5) is 11.2. The third kappa shape index (κ3) is 3.61. The van der Waals surface area contributed by atoms with E-state index < -0.39 is 5.97 Å². The maximum atomic E-state index is 11.2. The van der Waals surface area contributed by atoms with Gasteiger partial charge in [0.1, 0.15) is 18.1 Å². The average molecular weight is 275 g/mol. The van der Waals surface area contributed by atoms with Gasteiger partial charge in [0, 0.05) is 6.54 Å². The number of hydrogen-bond acceptors (Lipinski definition) is 5. The fourth-order valence-electron chi connectivity index (χ4n) is 1.73. The molecule has 0 radical (unpaired) electrons. The monoisotopic (exact) mass is 275 g/mol. The summed E-state index contributed by atoms with van der Waals surface area (Å²) < 4.78 is 15.5. The summed E-state index contributed by atoms with van der Waals surface area (Å²) in [6.07, 6.45) is 0. The van der Waals surface area contributed by atoms with Crippen LogP contribution >= 0.6 is 0 Å². The number of furan rings is 1. The van der Waals surface area contributed by atoms with Gasteiger partial charge < -0.3 is 19.2 Å². The van der Waals surface area contributed by atoms with Gasteiger partial charge in [-0.3, -0.25) is 0 Å². The third-order valence-electron chi connectivity index (χ3n) is 2.73. The third-order valence-corrected chi connectivity index (χ3v) is 2.73. The van der Waals surface area contributed by atoms with Gasteiger partial charge in [-0.25, -0.2) is 4.79 Å². The first kappa shape index (κ1) is 14.1. The Kier molecular flexibility index (Phi) is 4.79. The second-order valence-corrected chi connectivity index (χ2v) is 4.22. The lowest BCUT2D eigenvalue weighted by atomic mass is 10.2. The number of ether oxygens (including phenoxy) is 2. The molecule has 1 heterocycles. The average Bonchev–Trinajstić information content (AvgIpc) is 2.95. The van der Waals surface area contributed by atoms with Crippen LogP contribution in [0.2, 0.25) is 0 Å². The van der Waals surface area contributed by atoms with Crippen molar-refractivity contribution in [3.05, 3.63) is 53.5 Å². The topological polar surface area (TPSA) is 60.7 Å². The number of esters is 1. The normalized spacial score (nSPS) is 10.3. The highest BCUT2D eigenvalue weighted by molar-refractivity contribution is 5.86. The molecule has 0 atom stereocenters. The molecule has 1 N–H and O–H groups in total. The Bertz CT molecular complexity index is 560. The minimum absolute atomic E-state index is 0.176. The highest BCUT2D eigenvalue weighted by atomic mass is 16.5. The molecule has 0 saturated carbocycles. The molecule has 5 nitrogen and oxygen atoms in total. The van der Waals surface area contributed by atoms with Crippen LogP contribution in [0.25, 0.3) is 0 Å². The zero-order chi connectivity index (χ0) is 14.4. The Morgan fingerprint density at radius 2 is 1.95 bits per heavy atom. The summed E-state index contributed by atoms with van der Waals surface area (Å²) in [5.41, 5.74) is 1.19. The zero-order valence-electron chi connectivity index (χ0n) is 11.5. The highest BCUT2D eigenvalue weighted by Crippen LogP contribution is 2.16. The lowest BCUT2D eigenvalue weighted by Gasteiger charge is -2.05. The highest BCUT2D eigenvalue weighted by Gasteiger charge is 2.11. The molecule has 0 bridgehead atoms. The standard InChI is InChI=1S/C15H17NO4/c1-16-9-11-3-5-12(6-4-11)19-10-13-7-8-14(20-13)15(17)18-2/h3-8,16H,9-10H2,1-2H3. The molecule has 20 heavy (non-hydrogen) atoms. The van der Waals surface area contributed by atoms with Crippen molar-refractivity contribution in [1.82, 2.24) is 5.32 Å². The Labute approximate surface area is 117 Å². The molecule has 0 amide bonds. The van der Waals surface area contributed by atoms with Crippen molar-refractivity contribution in [1.29, 1.82) is 0 Å². The van der Waals surface area contributed by atoms with Crippen LogP contribution in [0.1, 0.15) is 21.9 Å². The lowest BCUT2D eigenvalue weighted by molar-refractivity contribution is 0.0561. The minimum Gasteiger partial charge on any atom is -0.486 e. The van der Waals surface area contributed by atoms with Gasteiger partial charge in [-0.05, 0) is 36.9 Å². The van der Waals surface area contributed by atoms with Gasteiger partial charge in [-0.1, -0.05) is 12.1 Å². The molecule has 0 fully saturated rings. The summed E-state index contributed by atoms with van der Waals surface area (Å²) >= 11 is 0. The number of benzene rings is 1. The maximum absolute atomic E-state index is 11.2. The maximum Gasteiger partial charge on any atom is 0.373 e. The molecule has 0 aliphatic carbocycles. The van der Waals surface area contributed by atoms with E-state index in [4.69, 9.17) is 9.15 Å². The smallest absolute Gasteiger partial charge is 0.373 e. The molecule has 2 aromatic rings. The number of rotatable bonds is 6. The lowest BCUT2D eigenvalue weighted by Crippen LogP contribution is -2.04. The molecule has 0 unspecified atom stereocenters. The molecule has 106 valence electrons. The van der Waals surface area contributed by atoms with Crippen LogP contribution in [0, 0.1) is 0 Å². The van der Waals surface area contributed by atoms with Gasteiger partial charge in [-0.2, -0.15) is 0 Å². The SMILES string of the molecule is CNCc1ccc(OCc2ccc(C(=O)OC)o2)cc1. The molecule has 0 aliphatic heterocycles. The van der Waals surface area contributed by atoms with E-state index in [9.17, 15) is 4.79 Å². The molecule has 5 heteroatoms. The van der Waals surface area contributed by atoms with E-state index in [1.54, 1.807) is 12.1 Å². The van der Waals surface area contributed by atoms with Gasteiger partial charge in [0.05, 0.1) is 7.11 Å². The fraction of sp³-hybridized carbons (Fsp3) is 0.267. The zero-order valence-corrected chi connectivity index (χ0v) is 11.5. The first-order valence-corrected chi connectivity index (χ1v) is 6.26. The summed E-state index contributed by atoms with van der Waals surface area (Å²) in [5.74, 6) is 1.01. The molecule has 0 spiro atoms. The number of methoxy groups -OCH3 is 1. The van der Waals surface area contributed by atoms with E-state index in [-0.39, 0.29) is 12.4 Å². The van der Waals surface area contributed by atoms with Crippen LogP contribution in [0.4, 0.5) is 0 Å². The van der Waals surface area contributed by atoms with E-state index in [1.165, 1.54) is 12.7 Å². The van der Waals surface area contributed by atoms with E-state index in [1.807, 2.05) is 31.3 Å². The summed E-state index contributed by atoms with van der Waals surface area (Å²) in [5, 5.41) is 3.08. The number of hydrogen-bond donors (Lipinski definition) is 1. The van der Waals surface area contributed by atoms with E-state index in [0.717, 1.165) is 12.3 Å². The van der Waals surface area contributed by atoms with Crippen molar-refractivity contribution in [2.24, 2.45) is 0 Å². The Morgan fingerprint density at radius 1 is 1.20 bits per heavy atom. The van der Waals surface area contributed by atoms with Crippen molar-refractivity contribution in [2.75, 3.05) is 14.2 Å². The first-order chi connectivity index (χ1) is 9.72. The fourth-order valence-corrected chi connectivity index (χ4v) is 1.73. The van der Waals surface area contributed by atoms with Gasteiger partial charge >= 0.3 is 5.97 Å². The number of carbonyl (C=O) groups is 1. The van der Waals surface area contributed by atoms with Crippen LogP contribution in [0.15, 0.2) is 40.8 Å². The molecule has 1 aromatic carbocycles. The van der Waals surface area contributed by atoms with E-state index >= 15 is 0 Å². The van der Waals surface area contributed by atoms with E-state index in [0.29, 0.717) is 5.76 Å². The number of carbonyl (C=O) groups excluding carboxylic acids is 1. The molecule has 0 saturated heterocycles. The van der Waals surface area contributed by atoms with Crippen LogP contribution in [0.3, 0.4) is 0 Å².